The first-order valence-corrected chi connectivity index (χ1v) is 11.1. The topological polar surface area (TPSA) is 111 Å². The van der Waals surface area contributed by atoms with Crippen LogP contribution in [0.5, 0.6) is 0 Å². The molecule has 1 amide bonds. The average Bonchev–Trinajstić information content (AvgIpc) is 2.81. The number of aliphatic carboxylic acids is 1. The number of benzene rings is 2. The van der Waals surface area contributed by atoms with Gasteiger partial charge in [0, 0.05) is 12.3 Å². The second-order valence-electron chi connectivity index (χ2n) is 8.28. The molecule has 0 aliphatic carbocycles. The molecule has 2 rings (SSSR count). The number of carbonyl (C=O) groups excluding carboxylic acids is 1. The van der Waals surface area contributed by atoms with Gasteiger partial charge in [-0.2, -0.15) is 0 Å². The summed E-state index contributed by atoms with van der Waals surface area (Å²) in [5.41, 5.74) is 1.52. The summed E-state index contributed by atoms with van der Waals surface area (Å²) >= 11 is 0. The van der Waals surface area contributed by atoms with Crippen LogP contribution < -0.4 is 29.3 Å². The largest absolute Gasteiger partial charge is 1.00 e. The number of carbonyl (C=O) groups is 2. The van der Waals surface area contributed by atoms with Gasteiger partial charge < -0.3 is 20.3 Å². The van der Waals surface area contributed by atoms with E-state index in [1.807, 2.05) is 32.0 Å². The summed E-state index contributed by atoms with van der Waals surface area (Å²) in [5.74, 6) is -3.58. The molecule has 0 heterocycles. The van der Waals surface area contributed by atoms with Gasteiger partial charge in [0.25, 0.3) is 0 Å². The van der Waals surface area contributed by atoms with Gasteiger partial charge in [-0.25, -0.2) is 14.0 Å². The molecule has 2 N–H and O–H groups in total. The number of hydrogen-bond acceptors (Lipinski definition) is 5. The van der Waals surface area contributed by atoms with Gasteiger partial charge in [-0.1, -0.05) is 74.5 Å². The van der Waals surface area contributed by atoms with Crippen LogP contribution in [0.25, 0.3) is 0 Å². The van der Waals surface area contributed by atoms with Gasteiger partial charge in [-0.05, 0) is 35.4 Å². The number of alkyl carbamates (subject to hydrolysis) is 1. The van der Waals surface area contributed by atoms with Crippen LogP contribution in [-0.4, -0.2) is 35.7 Å². The molecule has 0 aromatic heterocycles. The standard InChI is InChI=1S/C26H31FN2O5.Li/c1-18(2)13-21(24(30)29-23(25(31)32)14-19-9-5-3-6-10-19)15-22(27)16-28-26(33)34-17-20-11-7-4-8-12-20;/h3-12,15,18,21,23H,13-14,16-17H2,1-2H3,(H,28,33)(H,29,30)(H,31,32);/q;+1/p-1/b22-15-;/t21-,23+;/m1./s1. The molecule has 35 heavy (non-hydrogen) atoms. The third-order valence-corrected chi connectivity index (χ3v) is 4.88. The summed E-state index contributed by atoms with van der Waals surface area (Å²) in [6, 6.07) is 16.6. The van der Waals surface area contributed by atoms with E-state index in [4.69, 9.17) is 4.74 Å². The Hall–Kier alpha value is -3.08. The minimum Gasteiger partial charge on any atom is -0.862 e. The van der Waals surface area contributed by atoms with Crippen LogP contribution in [0.2, 0.25) is 0 Å². The monoisotopic (exact) mass is 476 g/mol. The maximum absolute atomic E-state index is 14.5. The number of hydrogen-bond donors (Lipinski definition) is 2. The first-order valence-electron chi connectivity index (χ1n) is 11.1. The minimum atomic E-state index is -1.27. The number of carboxylic acid groups (broad SMARTS) is 1. The molecular formula is C26H30FLiN2O5. The van der Waals surface area contributed by atoms with Crippen molar-refractivity contribution in [3.05, 3.63) is 83.7 Å². The number of nitrogens with zero attached hydrogens (tertiary/aromatic N) is 1. The Labute approximate surface area is 217 Å². The van der Waals surface area contributed by atoms with Crippen molar-refractivity contribution in [3.8, 4) is 0 Å². The molecule has 0 unspecified atom stereocenters. The maximum atomic E-state index is 14.5. The number of ether oxygens (including phenoxy) is 1. The van der Waals surface area contributed by atoms with Crippen LogP contribution in [-0.2, 0) is 22.6 Å². The molecule has 0 saturated heterocycles. The van der Waals surface area contributed by atoms with E-state index in [9.17, 15) is 24.2 Å². The predicted molar refractivity (Wildman–Crippen MR) is 126 cm³/mol. The van der Waals surface area contributed by atoms with Gasteiger partial charge in [0.1, 0.15) is 18.5 Å². The molecule has 0 fully saturated rings. The third kappa shape index (κ3) is 11.7. The van der Waals surface area contributed by atoms with E-state index in [0.29, 0.717) is 0 Å². The fraction of sp³-hybridized carbons (Fsp3) is 0.346. The van der Waals surface area contributed by atoms with Crippen molar-refractivity contribution < 1.29 is 47.8 Å². The first-order chi connectivity index (χ1) is 16.2. The average molecular weight is 476 g/mol. The van der Waals surface area contributed by atoms with Crippen LogP contribution in [0.15, 0.2) is 77.6 Å². The number of amides is 1. The number of aliphatic imine (C=N–C) groups is 1. The normalized spacial score (nSPS) is 13.5. The smallest absolute Gasteiger partial charge is 0.862 e. The Kier molecular flexibility index (Phi) is 13.5. The quantitative estimate of drug-likeness (QED) is 0.269. The Morgan fingerprint density at radius 3 is 2.20 bits per heavy atom. The van der Waals surface area contributed by atoms with Crippen molar-refractivity contribution in [1.29, 1.82) is 0 Å². The van der Waals surface area contributed by atoms with Gasteiger partial charge in [0.2, 0.25) is 0 Å². The summed E-state index contributed by atoms with van der Waals surface area (Å²) < 4.78 is 19.5. The fourth-order valence-electron chi connectivity index (χ4n) is 3.23. The van der Waals surface area contributed by atoms with Crippen LogP contribution in [0, 0.1) is 11.8 Å². The number of carboxylic acids is 1. The van der Waals surface area contributed by atoms with E-state index < -0.39 is 42.3 Å². The second kappa shape index (κ2) is 15.7. The van der Waals surface area contributed by atoms with Crippen molar-refractivity contribution in [2.45, 2.75) is 39.3 Å². The Balaban J connectivity index is 0.00000612. The van der Waals surface area contributed by atoms with Crippen molar-refractivity contribution in [1.82, 2.24) is 5.32 Å². The fourth-order valence-corrected chi connectivity index (χ4v) is 3.23. The van der Waals surface area contributed by atoms with E-state index in [1.165, 1.54) is 0 Å². The summed E-state index contributed by atoms with van der Waals surface area (Å²) in [6.07, 6.45) is 0.631. The van der Waals surface area contributed by atoms with E-state index in [2.05, 4.69) is 10.3 Å². The zero-order valence-corrected chi connectivity index (χ0v) is 20.3. The van der Waals surface area contributed by atoms with E-state index in [1.54, 1.807) is 42.5 Å². The van der Waals surface area contributed by atoms with E-state index in [-0.39, 0.29) is 44.2 Å². The molecule has 182 valence electrons. The maximum Gasteiger partial charge on any atom is 1.00 e. The minimum absolute atomic E-state index is 0. The van der Waals surface area contributed by atoms with Gasteiger partial charge in [0.15, 0.2) is 0 Å². The van der Waals surface area contributed by atoms with Crippen molar-refractivity contribution in [3.63, 3.8) is 0 Å². The van der Waals surface area contributed by atoms with Crippen LogP contribution in [0.3, 0.4) is 0 Å². The molecule has 2 aromatic carbocycles. The Morgan fingerprint density at radius 1 is 1.09 bits per heavy atom. The molecule has 2 aromatic rings. The molecule has 0 saturated carbocycles. The molecule has 0 aliphatic rings. The van der Waals surface area contributed by atoms with Crippen LogP contribution >= 0.6 is 0 Å². The molecular weight excluding hydrogens is 446 g/mol. The molecule has 0 spiro atoms. The zero-order valence-electron chi connectivity index (χ0n) is 20.3. The van der Waals surface area contributed by atoms with E-state index in [0.717, 1.165) is 17.2 Å². The van der Waals surface area contributed by atoms with Crippen molar-refractivity contribution in [2.24, 2.45) is 16.8 Å². The summed E-state index contributed by atoms with van der Waals surface area (Å²) in [5, 5.41) is 24.6. The van der Waals surface area contributed by atoms with Crippen molar-refractivity contribution >= 4 is 18.0 Å². The molecule has 0 aliphatic heterocycles. The molecule has 0 radical (unpaired) electrons. The van der Waals surface area contributed by atoms with Gasteiger partial charge in [0.05, 0.1) is 6.54 Å². The zero-order chi connectivity index (χ0) is 24.9. The summed E-state index contributed by atoms with van der Waals surface area (Å²) in [6.45, 7) is 3.32. The molecule has 2 atom stereocenters. The summed E-state index contributed by atoms with van der Waals surface area (Å²) in [7, 11) is 0. The first kappa shape index (κ1) is 29.9. The SMILES string of the molecule is CC(C)C[C@H](/C=C(\F)CNC(=O)OCc1ccccc1)C([O-])=N[C@@H](Cc1ccccc1)C(=O)O.[Li+]. The number of halogens is 1. The molecule has 0 bridgehead atoms. The van der Waals surface area contributed by atoms with Gasteiger partial charge in [-0.15, -0.1) is 0 Å². The predicted octanol–water partition coefficient (Wildman–Crippen LogP) is 0.887. The number of rotatable bonds is 12. The Bertz CT molecular complexity index is 984. The van der Waals surface area contributed by atoms with E-state index >= 15 is 0 Å². The second-order valence-corrected chi connectivity index (χ2v) is 8.28. The van der Waals surface area contributed by atoms with Gasteiger partial charge in [-0.3, -0.25) is 4.99 Å². The van der Waals surface area contributed by atoms with Gasteiger partial charge >= 0.3 is 30.9 Å². The molecule has 9 heteroatoms. The van der Waals surface area contributed by atoms with Crippen LogP contribution in [0.1, 0.15) is 31.4 Å². The molecule has 7 nitrogen and oxygen atoms in total. The van der Waals surface area contributed by atoms with Crippen LogP contribution in [0.4, 0.5) is 9.18 Å². The Morgan fingerprint density at radius 2 is 1.66 bits per heavy atom. The van der Waals surface area contributed by atoms with Crippen molar-refractivity contribution in [2.75, 3.05) is 6.54 Å². The number of nitrogens with one attached hydrogen (secondary N) is 1. The summed E-state index contributed by atoms with van der Waals surface area (Å²) in [4.78, 5) is 27.4. The third-order valence-electron chi connectivity index (χ3n) is 4.88.